The van der Waals surface area contributed by atoms with Crippen molar-refractivity contribution in [2.75, 3.05) is 19.6 Å². The van der Waals surface area contributed by atoms with E-state index in [0.717, 1.165) is 42.8 Å². The van der Waals surface area contributed by atoms with Crippen LogP contribution in [0.5, 0.6) is 0 Å². The molecule has 208 valence electrons. The highest BCUT2D eigenvalue weighted by Crippen LogP contribution is 2.44. The number of carbonyl (C=O) groups is 1. The van der Waals surface area contributed by atoms with Crippen molar-refractivity contribution in [2.24, 2.45) is 5.92 Å². The standard InChI is InChI=1S/C31H41N5O2S/c1-19-15-20(2)33-30(37)26(19)18-34-13-5-7-27-28(31(34)38)22(4)29(39-27)21(3)23-8-10-24(11-9-23)35-16-25(17-35)36-14-6-12-32-36/h6,12,14-15,21,23-25H,5,7-11,13,16-18H2,1-4H3,(H,33,37)/t21-,23?,24?/m1/s1. The van der Waals surface area contributed by atoms with Crippen molar-refractivity contribution < 1.29 is 4.79 Å². The van der Waals surface area contributed by atoms with Crippen LogP contribution in [0.25, 0.3) is 0 Å². The predicted octanol–water partition coefficient (Wildman–Crippen LogP) is 5.37. The molecule has 0 bridgehead atoms. The van der Waals surface area contributed by atoms with Crippen molar-refractivity contribution in [3.05, 3.63) is 72.6 Å². The maximum absolute atomic E-state index is 13.8. The van der Waals surface area contributed by atoms with E-state index in [4.69, 9.17) is 0 Å². The number of rotatable bonds is 6. The molecule has 3 aromatic rings. The Morgan fingerprint density at radius 3 is 2.56 bits per heavy atom. The summed E-state index contributed by atoms with van der Waals surface area (Å²) in [7, 11) is 0. The van der Waals surface area contributed by atoms with E-state index in [1.165, 1.54) is 41.0 Å². The highest BCUT2D eigenvalue weighted by atomic mass is 32.1. The van der Waals surface area contributed by atoms with Crippen LogP contribution in [-0.4, -0.2) is 56.1 Å². The largest absolute Gasteiger partial charge is 0.334 e. The molecule has 0 radical (unpaired) electrons. The first-order chi connectivity index (χ1) is 18.8. The third kappa shape index (κ3) is 5.02. The van der Waals surface area contributed by atoms with Crippen molar-refractivity contribution in [1.29, 1.82) is 0 Å². The Bertz CT molecular complexity index is 1390. The molecule has 2 aliphatic heterocycles. The van der Waals surface area contributed by atoms with Gasteiger partial charge < -0.3 is 9.88 Å². The van der Waals surface area contributed by atoms with Crippen LogP contribution in [0.1, 0.15) is 93.5 Å². The molecule has 1 amide bonds. The maximum Gasteiger partial charge on any atom is 0.255 e. The molecule has 8 heteroatoms. The fraction of sp³-hybridized carbons (Fsp3) is 0.581. The number of aryl methyl sites for hydroxylation is 3. The van der Waals surface area contributed by atoms with Gasteiger partial charge in [0.2, 0.25) is 0 Å². The number of likely N-dealkylation sites (tertiary alicyclic amines) is 1. The van der Waals surface area contributed by atoms with Crippen LogP contribution >= 0.6 is 11.3 Å². The van der Waals surface area contributed by atoms with Crippen LogP contribution in [0.2, 0.25) is 0 Å². The number of amides is 1. The predicted molar refractivity (Wildman–Crippen MR) is 156 cm³/mol. The summed E-state index contributed by atoms with van der Waals surface area (Å²) in [5, 5.41) is 4.42. The zero-order valence-electron chi connectivity index (χ0n) is 23.7. The Kier molecular flexibility index (Phi) is 7.27. The van der Waals surface area contributed by atoms with Crippen LogP contribution in [0.4, 0.5) is 0 Å². The average Bonchev–Trinajstić information content (AvgIpc) is 3.48. The van der Waals surface area contributed by atoms with Gasteiger partial charge in [0.05, 0.1) is 18.2 Å². The average molecular weight is 548 g/mol. The van der Waals surface area contributed by atoms with E-state index in [2.05, 4.69) is 39.7 Å². The minimum atomic E-state index is -0.0770. The second-order valence-corrected chi connectivity index (χ2v) is 13.3. The molecule has 1 N–H and O–H groups in total. The van der Waals surface area contributed by atoms with Crippen molar-refractivity contribution in [3.63, 3.8) is 0 Å². The molecule has 1 saturated heterocycles. The van der Waals surface area contributed by atoms with Crippen LogP contribution in [-0.2, 0) is 13.0 Å². The van der Waals surface area contributed by atoms with E-state index >= 15 is 0 Å². The number of hydrogen-bond donors (Lipinski definition) is 1. The van der Waals surface area contributed by atoms with E-state index in [0.29, 0.717) is 42.6 Å². The first kappa shape index (κ1) is 26.5. The molecule has 3 aromatic heterocycles. The second kappa shape index (κ2) is 10.7. The van der Waals surface area contributed by atoms with E-state index in [9.17, 15) is 9.59 Å². The lowest BCUT2D eigenvalue weighted by molar-refractivity contribution is 0.0270. The Hall–Kier alpha value is -2.71. The van der Waals surface area contributed by atoms with E-state index in [1.807, 2.05) is 48.4 Å². The third-order valence-electron chi connectivity index (χ3n) is 9.60. The molecule has 2 fully saturated rings. The number of fused-ring (bicyclic) bond motifs is 1. The van der Waals surface area contributed by atoms with E-state index < -0.39 is 0 Å². The monoisotopic (exact) mass is 547 g/mol. The number of pyridine rings is 1. The zero-order chi connectivity index (χ0) is 27.3. The summed E-state index contributed by atoms with van der Waals surface area (Å²) in [5.41, 5.74) is 4.53. The summed E-state index contributed by atoms with van der Waals surface area (Å²) in [5.74, 6) is 1.24. The van der Waals surface area contributed by atoms with Gasteiger partial charge in [-0.3, -0.25) is 19.2 Å². The maximum atomic E-state index is 13.8. The number of nitrogens with one attached hydrogen (secondary N) is 1. The summed E-state index contributed by atoms with van der Waals surface area (Å²) >= 11 is 1.88. The lowest BCUT2D eigenvalue weighted by Gasteiger charge is -2.47. The third-order valence-corrected chi connectivity index (χ3v) is 11.2. The number of aromatic nitrogens is 3. The van der Waals surface area contributed by atoms with Crippen LogP contribution in [0, 0.1) is 26.7 Å². The van der Waals surface area contributed by atoms with Crippen molar-refractivity contribution in [3.8, 4) is 0 Å². The van der Waals surface area contributed by atoms with Crippen molar-refractivity contribution in [2.45, 2.75) is 90.8 Å². The van der Waals surface area contributed by atoms with Gasteiger partial charge in [-0.25, -0.2) is 0 Å². The minimum absolute atomic E-state index is 0.0770. The van der Waals surface area contributed by atoms with Gasteiger partial charge in [-0.1, -0.05) is 6.92 Å². The first-order valence-corrected chi connectivity index (χ1v) is 15.5. The molecule has 0 aromatic carbocycles. The Morgan fingerprint density at radius 1 is 1.10 bits per heavy atom. The summed E-state index contributed by atoms with van der Waals surface area (Å²) < 4.78 is 2.11. The van der Waals surface area contributed by atoms with Crippen LogP contribution < -0.4 is 5.56 Å². The molecule has 3 aliphatic rings. The van der Waals surface area contributed by atoms with Crippen LogP contribution in [0.15, 0.2) is 29.3 Å². The molecule has 1 aliphatic carbocycles. The fourth-order valence-electron chi connectivity index (χ4n) is 7.22. The molecule has 39 heavy (non-hydrogen) atoms. The highest BCUT2D eigenvalue weighted by molar-refractivity contribution is 7.12. The van der Waals surface area contributed by atoms with Gasteiger partial charge >= 0.3 is 0 Å². The fourth-order valence-corrected chi connectivity index (χ4v) is 8.71. The molecule has 1 saturated carbocycles. The number of thiophene rings is 1. The minimum Gasteiger partial charge on any atom is -0.334 e. The summed E-state index contributed by atoms with van der Waals surface area (Å²) in [4.78, 5) is 36.6. The molecule has 6 rings (SSSR count). The van der Waals surface area contributed by atoms with Gasteiger partial charge in [0.25, 0.3) is 11.5 Å². The van der Waals surface area contributed by atoms with Crippen molar-refractivity contribution in [1.82, 2.24) is 24.6 Å². The first-order valence-electron chi connectivity index (χ1n) is 14.6. The summed E-state index contributed by atoms with van der Waals surface area (Å²) in [6.07, 6.45) is 10.9. The molecule has 0 unspecified atom stereocenters. The number of aromatic amines is 1. The Morgan fingerprint density at radius 2 is 1.87 bits per heavy atom. The van der Waals surface area contributed by atoms with Gasteiger partial charge in [-0.05, 0) is 94.4 Å². The lowest BCUT2D eigenvalue weighted by Crippen LogP contribution is -2.53. The number of hydrogen-bond acceptors (Lipinski definition) is 5. The molecule has 1 atom stereocenters. The topological polar surface area (TPSA) is 74.2 Å². The van der Waals surface area contributed by atoms with Gasteiger partial charge in [-0.15, -0.1) is 11.3 Å². The van der Waals surface area contributed by atoms with Gasteiger partial charge in [0.15, 0.2) is 0 Å². The van der Waals surface area contributed by atoms with Gasteiger partial charge in [0.1, 0.15) is 0 Å². The van der Waals surface area contributed by atoms with E-state index in [-0.39, 0.29) is 11.5 Å². The van der Waals surface area contributed by atoms with E-state index in [1.54, 1.807) is 0 Å². The quantitative estimate of drug-likeness (QED) is 0.451. The molecule has 5 heterocycles. The highest BCUT2D eigenvalue weighted by Gasteiger charge is 2.38. The smallest absolute Gasteiger partial charge is 0.255 e. The SMILES string of the molecule is Cc1cc(C)c(CN2CCCc3sc([C@H](C)C4CCC(N5CC(n6cccn6)C5)CC4)c(C)c3C2=O)c(=O)[nH]1. The normalized spacial score (nSPS) is 23.4. The number of carbonyl (C=O) groups excluding carboxylic acids is 1. The van der Waals surface area contributed by atoms with Gasteiger partial charge in [0, 0.05) is 59.1 Å². The Balaban J connectivity index is 1.12. The molecule has 7 nitrogen and oxygen atoms in total. The Labute approximate surface area is 235 Å². The molecular formula is C31H41N5O2S. The van der Waals surface area contributed by atoms with Crippen molar-refractivity contribution >= 4 is 17.2 Å². The molecular weight excluding hydrogens is 506 g/mol. The number of H-pyrrole nitrogens is 1. The van der Waals surface area contributed by atoms with Crippen LogP contribution in [0.3, 0.4) is 0 Å². The molecule has 0 spiro atoms. The summed E-state index contributed by atoms with van der Waals surface area (Å²) in [6.45, 7) is 11.7. The number of nitrogens with zero attached hydrogens (tertiary/aromatic N) is 4. The summed E-state index contributed by atoms with van der Waals surface area (Å²) in [6, 6.07) is 5.24. The van der Waals surface area contributed by atoms with Gasteiger partial charge in [-0.2, -0.15) is 5.10 Å². The second-order valence-electron chi connectivity index (χ2n) is 12.1. The lowest BCUT2D eigenvalue weighted by atomic mass is 9.76. The zero-order valence-corrected chi connectivity index (χ0v) is 24.5.